The number of anilines is 1. The lowest BCUT2D eigenvalue weighted by Crippen LogP contribution is -2.33. The highest BCUT2D eigenvalue weighted by atomic mass is 35.5. The van der Waals surface area contributed by atoms with E-state index in [9.17, 15) is 9.59 Å². The second-order valence-corrected chi connectivity index (χ2v) is 9.39. The molecule has 2 heterocycles. The van der Waals surface area contributed by atoms with E-state index in [0.29, 0.717) is 38.8 Å². The molecule has 178 valence electrons. The minimum absolute atomic E-state index is 0.0461. The molecule has 1 atom stereocenters. The van der Waals surface area contributed by atoms with Crippen LogP contribution in [-0.2, 0) is 11.8 Å². The second-order valence-electron chi connectivity index (χ2n) is 8.01. The molecule has 11 heteroatoms. The Bertz CT molecular complexity index is 1220. The quantitative estimate of drug-likeness (QED) is 0.448. The first-order chi connectivity index (χ1) is 16.3. The van der Waals surface area contributed by atoms with Crippen LogP contribution in [-0.4, -0.2) is 39.1 Å². The molecule has 1 unspecified atom stereocenters. The maximum Gasteiger partial charge on any atom is 0.252 e. The van der Waals surface area contributed by atoms with Gasteiger partial charge in [0.1, 0.15) is 0 Å². The summed E-state index contributed by atoms with van der Waals surface area (Å²) in [6.07, 6.45) is 0. The van der Waals surface area contributed by atoms with Crippen molar-refractivity contribution in [2.75, 3.05) is 17.9 Å². The van der Waals surface area contributed by atoms with Gasteiger partial charge in [0.2, 0.25) is 12.7 Å². The van der Waals surface area contributed by atoms with Crippen molar-refractivity contribution in [1.29, 1.82) is 0 Å². The third kappa shape index (κ3) is 5.45. The molecule has 2 N–H and O–H groups in total. The van der Waals surface area contributed by atoms with Crippen LogP contribution < -0.4 is 20.1 Å². The number of benzene rings is 2. The molecule has 1 aliphatic heterocycles. The van der Waals surface area contributed by atoms with Crippen LogP contribution in [0.4, 0.5) is 5.69 Å². The van der Waals surface area contributed by atoms with Crippen molar-refractivity contribution >= 4 is 40.9 Å². The van der Waals surface area contributed by atoms with Crippen LogP contribution in [0.3, 0.4) is 0 Å². The van der Waals surface area contributed by atoms with Crippen molar-refractivity contribution < 1.29 is 19.1 Å². The molecule has 0 radical (unpaired) electrons. The van der Waals surface area contributed by atoms with Gasteiger partial charge in [-0.25, -0.2) is 0 Å². The summed E-state index contributed by atoms with van der Waals surface area (Å²) in [6.45, 7) is 4.13. The van der Waals surface area contributed by atoms with Crippen LogP contribution in [0.1, 0.15) is 36.1 Å². The fourth-order valence-electron chi connectivity index (χ4n) is 3.41. The Morgan fingerprint density at radius 3 is 2.71 bits per heavy atom. The maximum atomic E-state index is 12.9. The van der Waals surface area contributed by atoms with Crippen molar-refractivity contribution in [1.82, 2.24) is 20.1 Å². The van der Waals surface area contributed by atoms with Gasteiger partial charge in [-0.15, -0.1) is 10.2 Å². The summed E-state index contributed by atoms with van der Waals surface area (Å²) in [4.78, 5) is 25.3. The Labute approximate surface area is 206 Å². The van der Waals surface area contributed by atoms with E-state index in [4.69, 9.17) is 21.1 Å². The number of hydrogen-bond donors (Lipinski definition) is 2. The van der Waals surface area contributed by atoms with Gasteiger partial charge in [-0.05, 0) is 42.3 Å². The van der Waals surface area contributed by atoms with Crippen molar-refractivity contribution in [3.63, 3.8) is 0 Å². The van der Waals surface area contributed by atoms with E-state index in [1.165, 1.54) is 11.8 Å². The number of carbonyl (C=O) groups excluding carboxylic acids is 2. The molecular weight excluding hydrogens is 478 g/mol. The summed E-state index contributed by atoms with van der Waals surface area (Å²) in [5.41, 5.74) is 1.09. The SMILES string of the molecule is CC(C)C(NC(=O)c1ccc2c(c1)OCO2)c1nnc(SCC(=O)Nc2cccc(Cl)c2)n1C. The fraction of sp³-hybridized carbons (Fsp3) is 0.304. The molecular formula is C23H24ClN5O4S. The summed E-state index contributed by atoms with van der Waals surface area (Å²) >= 11 is 7.22. The number of nitrogens with zero attached hydrogens (tertiary/aromatic N) is 3. The normalized spacial score (nSPS) is 13.1. The number of rotatable bonds is 8. The van der Waals surface area contributed by atoms with E-state index in [0.717, 1.165) is 0 Å². The molecule has 2 amide bonds. The second kappa shape index (κ2) is 10.4. The first-order valence-corrected chi connectivity index (χ1v) is 12.0. The highest BCUT2D eigenvalue weighted by Crippen LogP contribution is 2.33. The number of halogens is 1. The molecule has 0 saturated heterocycles. The van der Waals surface area contributed by atoms with Gasteiger partial charge >= 0.3 is 0 Å². The summed E-state index contributed by atoms with van der Waals surface area (Å²) in [6, 6.07) is 11.6. The predicted octanol–water partition coefficient (Wildman–Crippen LogP) is 4.06. The van der Waals surface area contributed by atoms with Crippen molar-refractivity contribution in [2.45, 2.75) is 25.0 Å². The zero-order chi connectivity index (χ0) is 24.2. The third-order valence-electron chi connectivity index (χ3n) is 5.18. The predicted molar refractivity (Wildman–Crippen MR) is 129 cm³/mol. The van der Waals surface area contributed by atoms with Crippen LogP contribution in [0.25, 0.3) is 0 Å². The molecule has 0 bridgehead atoms. The van der Waals surface area contributed by atoms with E-state index in [2.05, 4.69) is 20.8 Å². The van der Waals surface area contributed by atoms with Crippen molar-refractivity contribution in [3.05, 3.63) is 58.9 Å². The molecule has 3 aromatic rings. The average Bonchev–Trinajstić information content (AvgIpc) is 3.41. The Morgan fingerprint density at radius 1 is 1.15 bits per heavy atom. The zero-order valence-corrected chi connectivity index (χ0v) is 20.4. The van der Waals surface area contributed by atoms with Crippen LogP contribution in [0, 0.1) is 5.92 Å². The largest absolute Gasteiger partial charge is 0.454 e. The monoisotopic (exact) mass is 501 g/mol. The Morgan fingerprint density at radius 2 is 1.94 bits per heavy atom. The van der Waals surface area contributed by atoms with Gasteiger partial charge in [0.15, 0.2) is 22.5 Å². The number of carbonyl (C=O) groups is 2. The van der Waals surface area contributed by atoms with Gasteiger partial charge in [0.05, 0.1) is 11.8 Å². The standard InChI is InChI=1S/C23H24ClN5O4S/c1-13(2)20(26-22(31)14-7-8-17-18(9-14)33-12-32-17)21-27-28-23(29(21)3)34-11-19(30)25-16-6-4-5-15(24)10-16/h4-10,13,20H,11-12H2,1-3H3,(H,25,30)(H,26,31). The first-order valence-electron chi connectivity index (χ1n) is 10.6. The molecule has 0 aliphatic carbocycles. The van der Waals surface area contributed by atoms with Gasteiger partial charge in [-0.3, -0.25) is 9.59 Å². The molecule has 1 aliphatic rings. The number of fused-ring (bicyclic) bond motifs is 1. The fourth-order valence-corrected chi connectivity index (χ4v) is 4.32. The minimum Gasteiger partial charge on any atom is -0.454 e. The van der Waals surface area contributed by atoms with E-state index in [1.54, 1.807) is 47.0 Å². The van der Waals surface area contributed by atoms with Crippen LogP contribution in [0.15, 0.2) is 47.6 Å². The van der Waals surface area contributed by atoms with E-state index in [1.807, 2.05) is 20.9 Å². The highest BCUT2D eigenvalue weighted by molar-refractivity contribution is 7.99. The van der Waals surface area contributed by atoms with Crippen LogP contribution in [0.2, 0.25) is 5.02 Å². The molecule has 2 aromatic carbocycles. The minimum atomic E-state index is -0.384. The molecule has 1 aromatic heterocycles. The molecule has 0 fully saturated rings. The van der Waals surface area contributed by atoms with Crippen molar-refractivity contribution in [2.24, 2.45) is 13.0 Å². The topological polar surface area (TPSA) is 107 Å². The number of aromatic nitrogens is 3. The van der Waals surface area contributed by atoms with Crippen LogP contribution in [0.5, 0.6) is 11.5 Å². The Kier molecular flexibility index (Phi) is 7.28. The third-order valence-corrected chi connectivity index (χ3v) is 6.43. The average molecular weight is 502 g/mol. The van der Waals surface area contributed by atoms with Crippen LogP contribution >= 0.6 is 23.4 Å². The van der Waals surface area contributed by atoms with Crippen molar-refractivity contribution in [3.8, 4) is 11.5 Å². The Balaban J connectivity index is 1.41. The lowest BCUT2D eigenvalue weighted by atomic mass is 10.0. The summed E-state index contributed by atoms with van der Waals surface area (Å²) in [7, 11) is 1.81. The van der Waals surface area contributed by atoms with E-state index < -0.39 is 0 Å². The maximum absolute atomic E-state index is 12.9. The zero-order valence-electron chi connectivity index (χ0n) is 18.9. The number of ether oxygens (including phenoxy) is 2. The van der Waals surface area contributed by atoms with E-state index in [-0.39, 0.29) is 36.3 Å². The number of thioether (sulfide) groups is 1. The molecule has 34 heavy (non-hydrogen) atoms. The molecule has 4 rings (SSSR count). The number of amides is 2. The van der Waals surface area contributed by atoms with Gasteiger partial charge in [-0.1, -0.05) is 43.3 Å². The van der Waals surface area contributed by atoms with Gasteiger partial charge < -0.3 is 24.7 Å². The van der Waals surface area contributed by atoms with E-state index >= 15 is 0 Å². The van der Waals surface area contributed by atoms with Gasteiger partial charge in [0.25, 0.3) is 5.91 Å². The van der Waals surface area contributed by atoms with Gasteiger partial charge in [-0.2, -0.15) is 0 Å². The summed E-state index contributed by atoms with van der Waals surface area (Å²) < 4.78 is 12.5. The highest BCUT2D eigenvalue weighted by Gasteiger charge is 2.26. The first kappa shape index (κ1) is 23.9. The molecule has 0 saturated carbocycles. The van der Waals surface area contributed by atoms with Gasteiger partial charge in [0, 0.05) is 23.3 Å². The lowest BCUT2D eigenvalue weighted by Gasteiger charge is -2.21. The summed E-state index contributed by atoms with van der Waals surface area (Å²) in [5, 5.41) is 15.5. The molecule has 9 nitrogen and oxygen atoms in total. The smallest absolute Gasteiger partial charge is 0.252 e. The Hall–Kier alpha value is -3.24. The lowest BCUT2D eigenvalue weighted by molar-refractivity contribution is -0.113. The summed E-state index contributed by atoms with van der Waals surface area (Å²) in [5.74, 6) is 1.51. The number of nitrogens with one attached hydrogen (secondary N) is 2. The number of hydrogen-bond acceptors (Lipinski definition) is 7. The molecule has 0 spiro atoms.